The van der Waals surface area contributed by atoms with Gasteiger partial charge in [-0.25, -0.2) is 4.98 Å². The van der Waals surface area contributed by atoms with Crippen molar-refractivity contribution in [1.29, 1.82) is 0 Å². The van der Waals surface area contributed by atoms with Crippen molar-refractivity contribution in [3.63, 3.8) is 0 Å². The Morgan fingerprint density at radius 1 is 1.30 bits per heavy atom. The van der Waals surface area contributed by atoms with E-state index < -0.39 is 0 Å². The van der Waals surface area contributed by atoms with Crippen molar-refractivity contribution >= 4 is 32.6 Å². The van der Waals surface area contributed by atoms with Crippen LogP contribution in [0.5, 0.6) is 0 Å². The van der Waals surface area contributed by atoms with Gasteiger partial charge in [0.15, 0.2) is 5.13 Å². The van der Waals surface area contributed by atoms with E-state index in [2.05, 4.69) is 20.6 Å². The van der Waals surface area contributed by atoms with Crippen LogP contribution in [0.1, 0.15) is 28.8 Å². The Labute approximate surface area is 137 Å². The minimum absolute atomic E-state index is 0.00710. The Bertz CT molecular complexity index is 842. The molecule has 2 heterocycles. The van der Waals surface area contributed by atoms with Gasteiger partial charge in [0.2, 0.25) is 0 Å². The van der Waals surface area contributed by atoms with Crippen molar-refractivity contribution in [3.05, 3.63) is 53.9 Å². The number of pyridine rings is 1. The molecule has 23 heavy (non-hydrogen) atoms. The molecule has 1 fully saturated rings. The number of nitrogens with zero attached hydrogens (tertiary/aromatic N) is 2. The summed E-state index contributed by atoms with van der Waals surface area (Å²) in [5.41, 5.74) is 2.72. The van der Waals surface area contributed by atoms with Crippen LogP contribution in [-0.2, 0) is 6.54 Å². The van der Waals surface area contributed by atoms with Crippen molar-refractivity contribution in [2.45, 2.75) is 25.4 Å². The van der Waals surface area contributed by atoms with Gasteiger partial charge in [0.25, 0.3) is 5.91 Å². The molecule has 0 unspecified atom stereocenters. The Morgan fingerprint density at radius 2 is 2.22 bits per heavy atom. The highest BCUT2D eigenvalue weighted by Gasteiger charge is 2.23. The SMILES string of the molecule is O=C(NC1CC1)c1ccc2nc(NCc3cccnc3)sc2c1. The first kappa shape index (κ1) is 14.1. The zero-order valence-corrected chi connectivity index (χ0v) is 13.3. The van der Waals surface area contributed by atoms with E-state index in [0.29, 0.717) is 18.2 Å². The van der Waals surface area contributed by atoms with Gasteiger partial charge in [0.05, 0.1) is 10.2 Å². The number of nitrogens with one attached hydrogen (secondary N) is 2. The van der Waals surface area contributed by atoms with Crippen LogP contribution in [0.2, 0.25) is 0 Å². The second-order valence-corrected chi connectivity index (χ2v) is 6.69. The molecule has 2 aromatic heterocycles. The van der Waals surface area contributed by atoms with Crippen LogP contribution in [0, 0.1) is 0 Å². The summed E-state index contributed by atoms with van der Waals surface area (Å²) in [5, 5.41) is 7.17. The number of carbonyl (C=O) groups is 1. The Kier molecular flexibility index (Phi) is 3.67. The van der Waals surface area contributed by atoms with Crippen LogP contribution in [0.15, 0.2) is 42.7 Å². The molecule has 3 aromatic rings. The predicted octanol–water partition coefficient (Wildman–Crippen LogP) is 3.20. The van der Waals surface area contributed by atoms with Gasteiger partial charge in [-0.1, -0.05) is 17.4 Å². The summed E-state index contributed by atoms with van der Waals surface area (Å²) in [6.07, 6.45) is 5.78. The number of hydrogen-bond acceptors (Lipinski definition) is 5. The number of carbonyl (C=O) groups excluding carboxylic acids is 1. The van der Waals surface area contributed by atoms with Crippen LogP contribution in [-0.4, -0.2) is 21.9 Å². The normalized spacial score (nSPS) is 13.9. The van der Waals surface area contributed by atoms with Crippen LogP contribution < -0.4 is 10.6 Å². The van der Waals surface area contributed by atoms with Crippen molar-refractivity contribution < 1.29 is 4.79 Å². The van der Waals surface area contributed by atoms with Crippen molar-refractivity contribution in [3.8, 4) is 0 Å². The van der Waals surface area contributed by atoms with Crippen molar-refractivity contribution in [2.75, 3.05) is 5.32 Å². The zero-order chi connectivity index (χ0) is 15.6. The summed E-state index contributed by atoms with van der Waals surface area (Å²) in [5.74, 6) is 0.00710. The lowest BCUT2D eigenvalue weighted by molar-refractivity contribution is 0.0951. The molecule has 0 bridgehead atoms. The van der Waals surface area contributed by atoms with E-state index in [-0.39, 0.29) is 5.91 Å². The fourth-order valence-corrected chi connectivity index (χ4v) is 3.22. The van der Waals surface area contributed by atoms with Gasteiger partial charge in [-0.15, -0.1) is 0 Å². The third kappa shape index (κ3) is 3.32. The topological polar surface area (TPSA) is 66.9 Å². The molecular formula is C17H16N4OS. The maximum absolute atomic E-state index is 12.1. The van der Waals surface area contributed by atoms with E-state index in [4.69, 9.17) is 0 Å². The molecule has 4 rings (SSSR count). The lowest BCUT2D eigenvalue weighted by Crippen LogP contribution is -2.25. The molecule has 0 atom stereocenters. The lowest BCUT2D eigenvalue weighted by Gasteiger charge is -2.02. The highest BCUT2D eigenvalue weighted by Crippen LogP contribution is 2.27. The van der Waals surface area contributed by atoms with Gasteiger partial charge in [-0.3, -0.25) is 9.78 Å². The van der Waals surface area contributed by atoms with Gasteiger partial charge in [-0.2, -0.15) is 0 Å². The number of fused-ring (bicyclic) bond motifs is 1. The Balaban J connectivity index is 1.49. The van der Waals surface area contributed by atoms with Crippen LogP contribution in [0.4, 0.5) is 5.13 Å². The molecule has 0 aliphatic heterocycles. The van der Waals surface area contributed by atoms with E-state index in [1.807, 2.05) is 36.5 Å². The lowest BCUT2D eigenvalue weighted by atomic mass is 10.2. The largest absolute Gasteiger partial charge is 0.357 e. The summed E-state index contributed by atoms with van der Waals surface area (Å²) >= 11 is 1.56. The second kappa shape index (κ2) is 5.96. The number of aromatic nitrogens is 2. The second-order valence-electron chi connectivity index (χ2n) is 5.66. The molecule has 6 heteroatoms. The highest BCUT2D eigenvalue weighted by atomic mass is 32.1. The average molecular weight is 324 g/mol. The molecule has 1 aromatic carbocycles. The van der Waals surface area contributed by atoms with E-state index in [1.54, 1.807) is 17.5 Å². The van der Waals surface area contributed by atoms with E-state index >= 15 is 0 Å². The number of thiazole rings is 1. The van der Waals surface area contributed by atoms with Crippen LogP contribution in [0.25, 0.3) is 10.2 Å². The smallest absolute Gasteiger partial charge is 0.251 e. The summed E-state index contributed by atoms with van der Waals surface area (Å²) < 4.78 is 1.02. The zero-order valence-electron chi connectivity index (χ0n) is 12.5. The van der Waals surface area contributed by atoms with Crippen LogP contribution >= 0.6 is 11.3 Å². The quantitative estimate of drug-likeness (QED) is 0.756. The van der Waals surface area contributed by atoms with Gasteiger partial charge in [0, 0.05) is 30.5 Å². The maximum Gasteiger partial charge on any atom is 0.251 e. The predicted molar refractivity (Wildman–Crippen MR) is 91.7 cm³/mol. The van der Waals surface area contributed by atoms with Gasteiger partial charge in [-0.05, 0) is 42.7 Å². The fraction of sp³-hybridized carbons (Fsp3) is 0.235. The summed E-state index contributed by atoms with van der Waals surface area (Å²) in [6.45, 7) is 0.683. The molecule has 1 aliphatic rings. The molecule has 0 radical (unpaired) electrons. The van der Waals surface area contributed by atoms with E-state index in [9.17, 15) is 4.79 Å². The molecule has 0 spiro atoms. The van der Waals surface area contributed by atoms with Gasteiger partial charge >= 0.3 is 0 Å². The van der Waals surface area contributed by atoms with E-state index in [0.717, 1.165) is 33.8 Å². The van der Waals surface area contributed by atoms with Gasteiger partial charge < -0.3 is 10.6 Å². The molecule has 116 valence electrons. The molecule has 2 N–H and O–H groups in total. The number of rotatable bonds is 5. The standard InChI is InChI=1S/C17H16N4OS/c22-16(20-13-4-5-13)12-3-6-14-15(8-12)23-17(21-14)19-10-11-2-1-7-18-9-11/h1-3,6-9,13H,4-5,10H2,(H,19,21)(H,20,22). The first-order valence-corrected chi connectivity index (χ1v) is 8.44. The minimum Gasteiger partial charge on any atom is -0.357 e. The van der Waals surface area contributed by atoms with Gasteiger partial charge in [0.1, 0.15) is 0 Å². The summed E-state index contributed by atoms with van der Waals surface area (Å²) in [7, 11) is 0. The van der Waals surface area contributed by atoms with Crippen molar-refractivity contribution in [2.24, 2.45) is 0 Å². The number of anilines is 1. The van der Waals surface area contributed by atoms with Crippen LogP contribution in [0.3, 0.4) is 0 Å². The monoisotopic (exact) mass is 324 g/mol. The maximum atomic E-state index is 12.1. The summed E-state index contributed by atoms with van der Waals surface area (Å²) in [4.78, 5) is 20.8. The molecule has 0 saturated heterocycles. The molecule has 1 aliphatic carbocycles. The van der Waals surface area contributed by atoms with E-state index in [1.165, 1.54) is 0 Å². The first-order valence-electron chi connectivity index (χ1n) is 7.62. The average Bonchev–Trinajstić information content (AvgIpc) is 3.29. The van der Waals surface area contributed by atoms with Crippen molar-refractivity contribution in [1.82, 2.24) is 15.3 Å². The number of hydrogen-bond donors (Lipinski definition) is 2. The molecule has 1 amide bonds. The summed E-state index contributed by atoms with van der Waals surface area (Å²) in [6, 6.07) is 9.97. The molecule has 5 nitrogen and oxygen atoms in total. The third-order valence-corrected chi connectivity index (χ3v) is 4.71. The minimum atomic E-state index is 0.00710. The Morgan fingerprint density at radius 3 is 3.00 bits per heavy atom. The number of benzene rings is 1. The number of amides is 1. The Hall–Kier alpha value is -2.47. The highest BCUT2D eigenvalue weighted by molar-refractivity contribution is 7.22. The molecular weight excluding hydrogens is 308 g/mol. The fourth-order valence-electron chi connectivity index (χ4n) is 2.32. The first-order chi connectivity index (χ1) is 11.3. The molecule has 1 saturated carbocycles. The third-order valence-electron chi connectivity index (χ3n) is 3.73.